The SMILES string of the molecule is CC(=O)OCBr.CC(=O)OC[N@+]1(C)CC[C@]23CCCC[C@H]2[C@H]1Cc1ccc(O)cc13.CC(=O)OC[N@+]1(C)CC[C@]23CCCC[C@H]2[C@H]1Cc1ccc(OC(C)=O)cc13.CN1CC[C@]23CCCC[C@H]2[C@H]1Cc1ccc(O)cc13.[Cl-].[Cl-]. The van der Waals surface area contributed by atoms with Gasteiger partial charge in [0.25, 0.3) is 0 Å². The first-order chi connectivity index (χ1) is 36.3. The van der Waals surface area contributed by atoms with Crippen LogP contribution in [0.4, 0.5) is 0 Å². The van der Waals surface area contributed by atoms with E-state index in [1.54, 1.807) is 0 Å². The molecule has 0 spiro atoms. The summed E-state index contributed by atoms with van der Waals surface area (Å²) in [6.45, 7) is 10.0. The molecular weight excluding hydrogens is 1100 g/mol. The van der Waals surface area contributed by atoms with Crippen LogP contribution in [0, 0.1) is 17.8 Å². The minimum Gasteiger partial charge on any atom is -1.00 e. The van der Waals surface area contributed by atoms with Gasteiger partial charge in [0.1, 0.15) is 22.8 Å². The van der Waals surface area contributed by atoms with Crippen LogP contribution in [0.15, 0.2) is 54.6 Å². The van der Waals surface area contributed by atoms with Crippen molar-refractivity contribution in [2.45, 2.75) is 178 Å². The number of esters is 4. The molecule has 2 N–H and O–H groups in total. The van der Waals surface area contributed by atoms with Crippen LogP contribution in [0.2, 0.25) is 0 Å². The summed E-state index contributed by atoms with van der Waals surface area (Å²) in [5.74, 6) is 2.66. The zero-order valence-corrected chi connectivity index (χ0v) is 50.4. The molecule has 0 unspecified atom stereocenters. The Morgan fingerprint density at radius 3 is 1.42 bits per heavy atom. The first kappa shape index (κ1) is 61.7. The number of phenolic OH excluding ortho intramolecular Hbond substituents is 2. The predicted molar refractivity (Wildman–Crippen MR) is 295 cm³/mol. The van der Waals surface area contributed by atoms with Gasteiger partial charge >= 0.3 is 23.9 Å². The Balaban J connectivity index is 0.000000161. The fourth-order valence-corrected chi connectivity index (χ4v) is 17.5. The second-order valence-electron chi connectivity index (χ2n) is 24.8. The summed E-state index contributed by atoms with van der Waals surface area (Å²) in [6.07, 6.45) is 22.2. The number of aromatic hydroxyl groups is 2. The van der Waals surface area contributed by atoms with Crippen molar-refractivity contribution in [3.63, 3.8) is 0 Å². The summed E-state index contributed by atoms with van der Waals surface area (Å²) < 4.78 is 22.3. The molecule has 3 heterocycles. The average Bonchev–Trinajstić information content (AvgIpc) is 3.60. The lowest BCUT2D eigenvalue weighted by atomic mass is 9.52. The van der Waals surface area contributed by atoms with Crippen molar-refractivity contribution in [1.29, 1.82) is 0 Å². The number of piperidine rings is 3. The maximum absolute atomic E-state index is 11.4. The Kier molecular flexibility index (Phi) is 19.8. The molecule has 0 radical (unpaired) electrons. The van der Waals surface area contributed by atoms with Crippen LogP contribution >= 0.6 is 15.9 Å². The van der Waals surface area contributed by atoms with E-state index >= 15 is 0 Å². The molecule has 0 amide bonds. The van der Waals surface area contributed by atoms with Crippen molar-refractivity contribution in [3.05, 3.63) is 88.0 Å². The van der Waals surface area contributed by atoms with Crippen LogP contribution in [-0.2, 0) is 68.9 Å². The van der Waals surface area contributed by atoms with Crippen LogP contribution in [0.5, 0.6) is 17.2 Å². The lowest BCUT2D eigenvalue weighted by molar-refractivity contribution is -0.959. The largest absolute Gasteiger partial charge is 1.00 e. The Morgan fingerprint density at radius 1 is 0.564 bits per heavy atom. The molecule has 11 atom stereocenters. The molecule has 3 saturated heterocycles. The van der Waals surface area contributed by atoms with Crippen molar-refractivity contribution < 1.29 is 82.1 Å². The molecule has 16 heteroatoms. The minimum absolute atomic E-state index is 0. The highest BCUT2D eigenvalue weighted by molar-refractivity contribution is 9.09. The van der Waals surface area contributed by atoms with E-state index in [0.717, 1.165) is 59.7 Å². The summed E-state index contributed by atoms with van der Waals surface area (Å²) in [6, 6.07) is 20.0. The quantitative estimate of drug-likeness (QED) is 0.119. The average molecular weight is 1180 g/mol. The second kappa shape index (κ2) is 25.1. The van der Waals surface area contributed by atoms with Gasteiger partial charge in [-0.25, -0.2) is 0 Å². The fraction of sp³-hybridized carbons (Fsp3) is 0.645. The number of halogens is 3. The van der Waals surface area contributed by atoms with Crippen molar-refractivity contribution in [2.24, 2.45) is 17.8 Å². The van der Waals surface area contributed by atoms with Gasteiger partial charge in [0.15, 0.2) is 0 Å². The highest BCUT2D eigenvalue weighted by Gasteiger charge is 2.61. The number of likely N-dealkylation sites (N-methyl/N-ethyl adjacent to an activating group) is 3. The summed E-state index contributed by atoms with van der Waals surface area (Å²) >= 11 is 2.91. The number of likely N-dealkylation sites (tertiary alicyclic amines) is 3. The molecule has 3 aromatic rings. The lowest BCUT2D eigenvalue weighted by Gasteiger charge is -2.60. The number of hydrogen-bond acceptors (Lipinski definition) is 11. The zero-order valence-electron chi connectivity index (χ0n) is 47.3. The Labute approximate surface area is 484 Å². The number of nitrogens with zero attached hydrogens (tertiary/aromatic N) is 3. The number of hydrogen-bond donors (Lipinski definition) is 2. The molecule has 6 fully saturated rings. The van der Waals surface area contributed by atoms with Gasteiger partial charge in [0.2, 0.25) is 13.5 Å². The smallest absolute Gasteiger partial charge is 0.308 e. The molecule has 78 heavy (non-hydrogen) atoms. The molecule has 12 rings (SSSR count). The third kappa shape index (κ3) is 12.0. The number of carbonyl (C=O) groups excluding carboxylic acids is 4. The van der Waals surface area contributed by atoms with E-state index in [9.17, 15) is 29.4 Å². The molecule has 6 aliphatic carbocycles. The number of rotatable bonds is 6. The second-order valence-corrected chi connectivity index (χ2v) is 25.3. The van der Waals surface area contributed by atoms with Gasteiger partial charge in [-0.15, -0.1) is 0 Å². The highest BCUT2D eigenvalue weighted by Crippen LogP contribution is 2.60. The highest BCUT2D eigenvalue weighted by atomic mass is 79.9. The first-order valence-corrected chi connectivity index (χ1v) is 29.7. The van der Waals surface area contributed by atoms with Gasteiger partial charge in [0, 0.05) is 87.5 Å². The van der Waals surface area contributed by atoms with Gasteiger partial charge < -0.3 is 58.9 Å². The van der Waals surface area contributed by atoms with Crippen molar-refractivity contribution >= 4 is 39.8 Å². The number of carbonyl (C=O) groups is 4. The zero-order chi connectivity index (χ0) is 54.2. The number of phenols is 2. The fourth-order valence-electron chi connectivity index (χ4n) is 17.2. The van der Waals surface area contributed by atoms with Gasteiger partial charge in [0.05, 0.1) is 39.3 Å². The van der Waals surface area contributed by atoms with Crippen molar-refractivity contribution in [3.8, 4) is 17.2 Å². The van der Waals surface area contributed by atoms with E-state index in [4.69, 9.17) is 14.2 Å². The molecule has 6 bridgehead atoms. The third-order valence-electron chi connectivity index (χ3n) is 20.7. The molecular formula is C62H86BrCl2N3O10. The van der Waals surface area contributed by atoms with Crippen LogP contribution in [-0.4, -0.2) is 126 Å². The van der Waals surface area contributed by atoms with Gasteiger partial charge in [-0.2, -0.15) is 0 Å². The van der Waals surface area contributed by atoms with E-state index < -0.39 is 0 Å². The molecule has 430 valence electrons. The van der Waals surface area contributed by atoms with E-state index in [1.165, 1.54) is 158 Å². The Hall–Kier alpha value is -3.92. The van der Waals surface area contributed by atoms with Crippen LogP contribution in [0.25, 0.3) is 0 Å². The summed E-state index contributed by atoms with van der Waals surface area (Å²) in [4.78, 5) is 46.6. The normalized spacial score (nSPS) is 33.0. The number of ether oxygens (including phenoxy) is 4. The van der Waals surface area contributed by atoms with E-state index in [2.05, 4.69) is 77.0 Å². The number of alkyl halides is 1. The number of benzene rings is 3. The van der Waals surface area contributed by atoms with Crippen LogP contribution in [0.1, 0.15) is 157 Å². The summed E-state index contributed by atoms with van der Waals surface area (Å²) in [5, 5.41) is 20.0. The van der Waals surface area contributed by atoms with E-state index in [0.29, 0.717) is 65.6 Å². The maximum atomic E-state index is 11.4. The van der Waals surface area contributed by atoms with Gasteiger partial charge in [-0.1, -0.05) is 56.7 Å². The molecule has 13 nitrogen and oxygen atoms in total. The van der Waals surface area contributed by atoms with Crippen molar-refractivity contribution in [2.75, 3.05) is 59.8 Å². The topological polar surface area (TPSA) is 149 Å². The Bertz CT molecular complexity index is 2660. The monoisotopic (exact) mass is 1180 g/mol. The van der Waals surface area contributed by atoms with E-state index in [1.807, 2.05) is 24.3 Å². The number of fused-ring (bicyclic) bond motifs is 3. The van der Waals surface area contributed by atoms with E-state index in [-0.39, 0.29) is 59.5 Å². The molecule has 9 aliphatic rings. The number of quaternary nitrogens is 2. The summed E-state index contributed by atoms with van der Waals surface area (Å²) in [5.41, 5.74) is 9.63. The van der Waals surface area contributed by atoms with Gasteiger partial charge in [-0.3, -0.25) is 28.1 Å². The Morgan fingerprint density at radius 2 is 0.987 bits per heavy atom. The first-order valence-electron chi connectivity index (χ1n) is 28.6. The van der Waals surface area contributed by atoms with Crippen LogP contribution < -0.4 is 29.6 Å². The molecule has 0 aromatic heterocycles. The minimum atomic E-state index is -0.268. The maximum Gasteiger partial charge on any atom is 0.308 e. The molecule has 3 saturated carbocycles. The third-order valence-corrected chi connectivity index (χ3v) is 20.9. The van der Waals surface area contributed by atoms with Gasteiger partial charge in [-0.05, 0) is 157 Å². The van der Waals surface area contributed by atoms with Crippen LogP contribution in [0.3, 0.4) is 0 Å². The lowest BCUT2D eigenvalue weighted by Crippen LogP contribution is -3.00. The molecule has 3 aliphatic heterocycles. The van der Waals surface area contributed by atoms with Crippen molar-refractivity contribution in [1.82, 2.24) is 4.90 Å². The predicted octanol–water partition coefficient (Wildman–Crippen LogP) is 4.44. The molecule has 3 aromatic carbocycles. The standard InChI is InChI=1S/C22H30NO4.C20H27NO3.C17H23NO.C3H5BrO2.2ClH/c1-15(24)26-14-23(3)11-10-22-9-5-4-6-19(22)21(23)12-17-7-8-18(13-20(17)22)27-16(2)25;1-14(22)24-13-21(2)10-9-20-8-4-3-5-17(20)19(21)11-15-6-7-16(23)12-18(15)20;1-18-9-8-17-7-3-2-4-14(17)16(18)10-12-5-6-13(19)11-15(12)17;1-3(5)6-2-4;;/h7-8,13,19,21H,4-6,9-12,14H2,1-3H3;6-7,12,17,19H,3-5,8-11,13H2,1-2H3;5-6,11,14,16,19H,2-4,7-10H2,1H3;2H2,1H3;2*1H/q+1;;;;;/p-1/t19-,21+,22+,23-;17-,19+,20+,21-;14-,16+,17+;;;/m000.../s1. The summed E-state index contributed by atoms with van der Waals surface area (Å²) in [7, 11) is 6.82.